The Morgan fingerprint density at radius 3 is 1.48 bits per heavy atom. The molecule has 1 rings (SSSR count). The number of hydrogen-bond acceptors (Lipinski definition) is 5. The van der Waals surface area contributed by atoms with E-state index in [9.17, 15) is 20.1 Å². The number of benzene rings is 1. The molecule has 21 heavy (non-hydrogen) atoms. The second-order valence-corrected chi connectivity index (χ2v) is 6.01. The molecule has 0 aliphatic heterocycles. The molecule has 0 aliphatic carbocycles. The normalized spacial score (nSPS) is 11.5. The van der Waals surface area contributed by atoms with Crippen LogP contribution in [0.25, 0.3) is 0 Å². The van der Waals surface area contributed by atoms with Crippen LogP contribution in [0.15, 0.2) is 0 Å². The molecule has 0 atom stereocenters. The molecule has 5 heteroatoms. The van der Waals surface area contributed by atoms with Crippen molar-refractivity contribution in [3.8, 4) is 17.2 Å². The van der Waals surface area contributed by atoms with Gasteiger partial charge in [-0.15, -0.1) is 0 Å². The van der Waals surface area contributed by atoms with E-state index in [1.54, 1.807) is 41.5 Å². The standard InChI is InChI=1S/C16H24O5/c1-7(2)10-12(16(20)21-9(5)6)11(8(3)4)14(18)15(19)13(10)17/h7-9,17-19H,1-6H3. The van der Waals surface area contributed by atoms with Crippen molar-refractivity contribution in [1.82, 2.24) is 0 Å². The Hall–Kier alpha value is -1.91. The Balaban J connectivity index is 3.74. The fourth-order valence-corrected chi connectivity index (χ4v) is 2.37. The zero-order valence-corrected chi connectivity index (χ0v) is 13.4. The fourth-order valence-electron chi connectivity index (χ4n) is 2.37. The van der Waals surface area contributed by atoms with Crippen molar-refractivity contribution in [2.24, 2.45) is 0 Å². The Morgan fingerprint density at radius 1 is 0.810 bits per heavy atom. The molecule has 0 aliphatic rings. The molecule has 0 aromatic heterocycles. The van der Waals surface area contributed by atoms with E-state index in [-0.39, 0.29) is 23.5 Å². The maximum absolute atomic E-state index is 12.4. The molecule has 0 fully saturated rings. The van der Waals surface area contributed by atoms with Gasteiger partial charge in [0.2, 0.25) is 5.75 Å². The van der Waals surface area contributed by atoms with Crippen LogP contribution in [0.5, 0.6) is 17.2 Å². The second-order valence-electron chi connectivity index (χ2n) is 6.01. The zero-order chi connectivity index (χ0) is 16.5. The average molecular weight is 296 g/mol. The highest BCUT2D eigenvalue weighted by Gasteiger charge is 2.31. The first-order valence-electron chi connectivity index (χ1n) is 7.11. The van der Waals surface area contributed by atoms with Crippen molar-refractivity contribution < 1.29 is 24.9 Å². The van der Waals surface area contributed by atoms with Crippen molar-refractivity contribution in [3.05, 3.63) is 16.7 Å². The van der Waals surface area contributed by atoms with Crippen LogP contribution >= 0.6 is 0 Å². The van der Waals surface area contributed by atoms with Gasteiger partial charge >= 0.3 is 5.97 Å². The molecule has 1 aromatic rings. The number of rotatable bonds is 4. The Labute approximate surface area is 125 Å². The van der Waals surface area contributed by atoms with Gasteiger partial charge in [-0.25, -0.2) is 4.79 Å². The summed E-state index contributed by atoms with van der Waals surface area (Å²) in [4.78, 5) is 12.4. The SMILES string of the molecule is CC(C)OC(=O)c1c(C(C)C)c(O)c(O)c(O)c1C(C)C. The summed E-state index contributed by atoms with van der Waals surface area (Å²) < 4.78 is 5.22. The summed E-state index contributed by atoms with van der Waals surface area (Å²) in [5.74, 6) is -2.58. The molecule has 0 amide bonds. The van der Waals surface area contributed by atoms with E-state index in [1.165, 1.54) is 0 Å². The number of aromatic hydroxyl groups is 3. The zero-order valence-electron chi connectivity index (χ0n) is 13.4. The molecular formula is C16H24O5. The maximum Gasteiger partial charge on any atom is 0.339 e. The number of carbonyl (C=O) groups is 1. The smallest absolute Gasteiger partial charge is 0.339 e. The second kappa shape index (κ2) is 6.24. The minimum atomic E-state index is -0.608. The first-order chi connectivity index (χ1) is 9.59. The molecule has 0 radical (unpaired) electrons. The third-order valence-corrected chi connectivity index (χ3v) is 3.20. The van der Waals surface area contributed by atoms with Gasteiger partial charge in [0.05, 0.1) is 11.7 Å². The lowest BCUT2D eigenvalue weighted by molar-refractivity contribution is 0.0373. The van der Waals surface area contributed by atoms with E-state index in [1.807, 2.05) is 0 Å². The molecule has 0 saturated carbocycles. The first kappa shape index (κ1) is 17.1. The van der Waals surface area contributed by atoms with Gasteiger partial charge in [0, 0.05) is 11.1 Å². The van der Waals surface area contributed by atoms with Crippen LogP contribution in [0.3, 0.4) is 0 Å². The molecule has 0 saturated heterocycles. The minimum absolute atomic E-state index is 0.140. The third kappa shape index (κ3) is 3.23. The van der Waals surface area contributed by atoms with E-state index in [2.05, 4.69) is 0 Å². The predicted octanol–water partition coefficient (Wildman–Crippen LogP) is 3.62. The molecule has 0 heterocycles. The van der Waals surface area contributed by atoms with Crippen LogP contribution in [-0.2, 0) is 4.74 Å². The topological polar surface area (TPSA) is 87.0 Å². The van der Waals surface area contributed by atoms with E-state index >= 15 is 0 Å². The number of phenolic OH excluding ortho intramolecular Hbond substituents is 3. The summed E-state index contributed by atoms with van der Waals surface area (Å²) in [6.07, 6.45) is -0.324. The van der Waals surface area contributed by atoms with Gasteiger partial charge in [0.1, 0.15) is 0 Å². The van der Waals surface area contributed by atoms with Crippen LogP contribution in [-0.4, -0.2) is 27.4 Å². The van der Waals surface area contributed by atoms with Crippen molar-refractivity contribution in [2.45, 2.75) is 59.5 Å². The van der Waals surface area contributed by atoms with Gasteiger partial charge in [-0.3, -0.25) is 0 Å². The lowest BCUT2D eigenvalue weighted by Gasteiger charge is -2.22. The summed E-state index contributed by atoms with van der Waals surface area (Å²) >= 11 is 0. The number of ether oxygens (including phenoxy) is 1. The Kier molecular flexibility index (Phi) is 5.10. The van der Waals surface area contributed by atoms with Crippen LogP contribution in [0, 0.1) is 0 Å². The molecule has 3 N–H and O–H groups in total. The molecule has 118 valence electrons. The fraction of sp³-hybridized carbons (Fsp3) is 0.562. The van der Waals surface area contributed by atoms with Gasteiger partial charge in [-0.2, -0.15) is 0 Å². The number of carbonyl (C=O) groups excluding carboxylic acids is 1. The summed E-state index contributed by atoms with van der Waals surface area (Å²) in [6.45, 7) is 10.6. The van der Waals surface area contributed by atoms with Crippen LogP contribution in [0.4, 0.5) is 0 Å². The van der Waals surface area contributed by atoms with Gasteiger partial charge in [-0.1, -0.05) is 27.7 Å². The van der Waals surface area contributed by atoms with Crippen molar-refractivity contribution in [2.75, 3.05) is 0 Å². The lowest BCUT2D eigenvalue weighted by atomic mass is 9.86. The number of phenols is 3. The third-order valence-electron chi connectivity index (χ3n) is 3.20. The molecule has 1 aromatic carbocycles. The largest absolute Gasteiger partial charge is 0.504 e. The molecule has 5 nitrogen and oxygen atoms in total. The average Bonchev–Trinajstić information content (AvgIpc) is 2.33. The van der Waals surface area contributed by atoms with Crippen LogP contribution in [0.1, 0.15) is 74.9 Å². The van der Waals surface area contributed by atoms with Crippen molar-refractivity contribution in [3.63, 3.8) is 0 Å². The quantitative estimate of drug-likeness (QED) is 0.583. The monoisotopic (exact) mass is 296 g/mol. The van der Waals surface area contributed by atoms with Gasteiger partial charge in [-0.05, 0) is 25.7 Å². The van der Waals surface area contributed by atoms with E-state index < -0.39 is 23.2 Å². The van der Waals surface area contributed by atoms with Gasteiger partial charge in [0.15, 0.2) is 11.5 Å². The van der Waals surface area contributed by atoms with E-state index in [4.69, 9.17) is 4.74 Å². The summed E-state index contributed by atoms with van der Waals surface area (Å²) in [7, 11) is 0. The predicted molar refractivity (Wildman–Crippen MR) is 80.2 cm³/mol. The molecule has 0 unspecified atom stereocenters. The highest BCUT2D eigenvalue weighted by molar-refractivity contribution is 5.96. The molecule has 0 spiro atoms. The van der Waals surface area contributed by atoms with E-state index in [0.717, 1.165) is 0 Å². The van der Waals surface area contributed by atoms with E-state index in [0.29, 0.717) is 11.1 Å². The highest BCUT2D eigenvalue weighted by atomic mass is 16.5. The first-order valence-corrected chi connectivity index (χ1v) is 7.11. The summed E-state index contributed by atoms with van der Waals surface area (Å²) in [5.41, 5.74) is 0.723. The highest BCUT2D eigenvalue weighted by Crippen LogP contribution is 2.48. The number of esters is 1. The summed E-state index contributed by atoms with van der Waals surface area (Å²) in [5, 5.41) is 30.1. The molecule has 0 bridgehead atoms. The minimum Gasteiger partial charge on any atom is -0.504 e. The lowest BCUT2D eigenvalue weighted by Crippen LogP contribution is -2.17. The Bertz CT molecular complexity index is 509. The Morgan fingerprint density at radius 2 is 1.19 bits per heavy atom. The number of hydrogen-bond donors (Lipinski definition) is 3. The van der Waals surface area contributed by atoms with Crippen molar-refractivity contribution in [1.29, 1.82) is 0 Å². The molecular weight excluding hydrogens is 272 g/mol. The summed E-state index contributed by atoms with van der Waals surface area (Å²) in [6, 6.07) is 0. The maximum atomic E-state index is 12.4. The van der Waals surface area contributed by atoms with Gasteiger partial charge < -0.3 is 20.1 Å². The van der Waals surface area contributed by atoms with Crippen LogP contribution < -0.4 is 0 Å². The van der Waals surface area contributed by atoms with Crippen molar-refractivity contribution >= 4 is 5.97 Å². The van der Waals surface area contributed by atoms with Gasteiger partial charge in [0.25, 0.3) is 0 Å². The van der Waals surface area contributed by atoms with Crippen LogP contribution in [0.2, 0.25) is 0 Å².